The number of carbonyl (C=O) groups is 1. The number of rotatable bonds is 4. The van der Waals surface area contributed by atoms with Crippen molar-refractivity contribution < 1.29 is 4.79 Å². The summed E-state index contributed by atoms with van der Waals surface area (Å²) in [5.74, 6) is 0.117. The van der Waals surface area contributed by atoms with E-state index in [1.807, 2.05) is 50.6 Å². The van der Waals surface area contributed by atoms with Crippen LogP contribution in [0.1, 0.15) is 58.3 Å². The van der Waals surface area contributed by atoms with Gasteiger partial charge in [-0.2, -0.15) is 5.10 Å². The van der Waals surface area contributed by atoms with E-state index in [0.29, 0.717) is 0 Å². The highest BCUT2D eigenvalue weighted by Gasteiger charge is 2.21. The second-order valence-electron chi connectivity index (χ2n) is 5.79. The first-order valence-electron chi connectivity index (χ1n) is 7.52. The fourth-order valence-electron chi connectivity index (χ4n) is 2.83. The van der Waals surface area contributed by atoms with Gasteiger partial charge in [0.2, 0.25) is 0 Å². The minimum atomic E-state index is -0.272. The van der Waals surface area contributed by atoms with Gasteiger partial charge in [-0.25, -0.2) is 0 Å². The molecule has 2 rings (SSSR count). The first-order chi connectivity index (χ1) is 9.86. The summed E-state index contributed by atoms with van der Waals surface area (Å²) in [4.78, 5) is 12.7. The van der Waals surface area contributed by atoms with E-state index in [2.05, 4.69) is 18.9 Å². The molecule has 1 heterocycles. The van der Waals surface area contributed by atoms with Gasteiger partial charge in [0.1, 0.15) is 6.04 Å². The number of aryl methyl sites for hydroxylation is 3. The maximum Gasteiger partial charge on any atom is 0.187 e. The summed E-state index contributed by atoms with van der Waals surface area (Å²) in [5.41, 5.74) is 6.48. The molecule has 1 atom stereocenters. The van der Waals surface area contributed by atoms with Gasteiger partial charge in [0.05, 0.1) is 5.69 Å². The van der Waals surface area contributed by atoms with Crippen molar-refractivity contribution in [1.29, 1.82) is 0 Å². The zero-order valence-electron chi connectivity index (χ0n) is 13.8. The van der Waals surface area contributed by atoms with E-state index in [9.17, 15) is 4.79 Å². The molecule has 1 aromatic carbocycles. The van der Waals surface area contributed by atoms with Crippen LogP contribution in [0.5, 0.6) is 0 Å². The van der Waals surface area contributed by atoms with Crippen molar-refractivity contribution in [3.63, 3.8) is 0 Å². The Morgan fingerprint density at radius 1 is 1.19 bits per heavy atom. The zero-order chi connectivity index (χ0) is 15.7. The van der Waals surface area contributed by atoms with Crippen molar-refractivity contribution in [1.82, 2.24) is 9.78 Å². The predicted octanol–water partition coefficient (Wildman–Crippen LogP) is 4.12. The summed E-state index contributed by atoms with van der Waals surface area (Å²) >= 11 is 0. The molecule has 0 N–H and O–H groups in total. The molecule has 0 spiro atoms. The molecule has 0 aliphatic heterocycles. The maximum absolute atomic E-state index is 12.7. The molecule has 112 valence electrons. The summed E-state index contributed by atoms with van der Waals surface area (Å²) in [7, 11) is 0. The van der Waals surface area contributed by atoms with Crippen LogP contribution in [-0.2, 0) is 6.42 Å². The van der Waals surface area contributed by atoms with E-state index in [0.717, 1.165) is 28.9 Å². The predicted molar refractivity (Wildman–Crippen MR) is 86.0 cm³/mol. The first-order valence-corrected chi connectivity index (χ1v) is 7.52. The highest BCUT2D eigenvalue weighted by Crippen LogP contribution is 2.22. The lowest BCUT2D eigenvalue weighted by Gasteiger charge is -2.14. The molecule has 0 radical (unpaired) electrons. The van der Waals surface area contributed by atoms with Crippen LogP contribution in [0, 0.1) is 27.7 Å². The molecule has 3 nitrogen and oxygen atoms in total. The molecule has 0 aliphatic rings. The Morgan fingerprint density at radius 3 is 2.38 bits per heavy atom. The summed E-state index contributed by atoms with van der Waals surface area (Å²) < 4.78 is 1.87. The molecule has 3 heteroatoms. The molecular formula is C18H24N2O. The van der Waals surface area contributed by atoms with Crippen molar-refractivity contribution in [3.8, 4) is 0 Å². The molecular weight excluding hydrogens is 260 g/mol. The number of ketones is 1. The number of hydrogen-bond acceptors (Lipinski definition) is 2. The molecule has 0 aliphatic carbocycles. The monoisotopic (exact) mass is 284 g/mol. The first kappa shape index (κ1) is 15.5. The Kier molecular flexibility index (Phi) is 4.31. The number of nitrogens with zero attached hydrogens (tertiary/aromatic N) is 2. The lowest BCUT2D eigenvalue weighted by Crippen LogP contribution is -2.19. The molecule has 0 saturated carbocycles. The smallest absolute Gasteiger partial charge is 0.187 e. The van der Waals surface area contributed by atoms with Crippen LogP contribution >= 0.6 is 0 Å². The van der Waals surface area contributed by atoms with Gasteiger partial charge in [0.15, 0.2) is 5.78 Å². The third-order valence-corrected chi connectivity index (χ3v) is 4.37. The van der Waals surface area contributed by atoms with Crippen LogP contribution in [0.25, 0.3) is 0 Å². The van der Waals surface area contributed by atoms with Crippen LogP contribution in [0.3, 0.4) is 0 Å². The van der Waals surface area contributed by atoms with Crippen molar-refractivity contribution in [3.05, 3.63) is 51.8 Å². The Balaban J connectivity index is 2.37. The summed E-state index contributed by atoms with van der Waals surface area (Å²) in [6.07, 6.45) is 0.947. The fraction of sp³-hybridized carbons (Fsp3) is 0.444. The van der Waals surface area contributed by atoms with E-state index in [4.69, 9.17) is 0 Å². The highest BCUT2D eigenvalue weighted by atomic mass is 16.1. The number of aromatic nitrogens is 2. The van der Waals surface area contributed by atoms with Crippen molar-refractivity contribution >= 4 is 5.78 Å². The van der Waals surface area contributed by atoms with Gasteiger partial charge >= 0.3 is 0 Å². The minimum absolute atomic E-state index is 0.117. The van der Waals surface area contributed by atoms with E-state index in [1.165, 1.54) is 11.1 Å². The van der Waals surface area contributed by atoms with Crippen molar-refractivity contribution in [2.45, 2.75) is 54.0 Å². The highest BCUT2D eigenvalue weighted by molar-refractivity contribution is 5.99. The Hall–Kier alpha value is -1.90. The fourth-order valence-corrected chi connectivity index (χ4v) is 2.83. The standard InChI is InChI=1S/C18H24N2O/c1-7-17-13(4)19-20(14(17)5)15(6)18(21)16-9-8-11(2)12(3)10-16/h8-10,15H,7H2,1-6H3. The number of Topliss-reactive ketones (excluding diaryl/α,β-unsaturated/α-hetero) is 1. The Morgan fingerprint density at radius 2 is 1.86 bits per heavy atom. The van der Waals surface area contributed by atoms with Crippen molar-refractivity contribution in [2.75, 3.05) is 0 Å². The summed E-state index contributed by atoms with van der Waals surface area (Å²) in [6, 6.07) is 5.62. The number of carbonyl (C=O) groups excluding carboxylic acids is 1. The molecule has 0 fully saturated rings. The summed E-state index contributed by atoms with van der Waals surface area (Å²) in [6.45, 7) is 12.2. The third-order valence-electron chi connectivity index (χ3n) is 4.37. The second-order valence-corrected chi connectivity index (χ2v) is 5.79. The molecule has 0 bridgehead atoms. The largest absolute Gasteiger partial charge is 0.292 e. The third kappa shape index (κ3) is 2.78. The second kappa shape index (κ2) is 5.84. The van der Waals surface area contributed by atoms with Gasteiger partial charge in [-0.3, -0.25) is 9.48 Å². The zero-order valence-corrected chi connectivity index (χ0v) is 13.8. The SMILES string of the molecule is CCc1c(C)nn(C(C)C(=O)c2ccc(C)c(C)c2)c1C. The van der Waals surface area contributed by atoms with Gasteiger partial charge in [-0.15, -0.1) is 0 Å². The topological polar surface area (TPSA) is 34.9 Å². The van der Waals surface area contributed by atoms with Gasteiger partial charge in [-0.1, -0.05) is 19.1 Å². The molecule has 21 heavy (non-hydrogen) atoms. The molecule has 2 aromatic rings. The van der Waals surface area contributed by atoms with E-state index in [1.54, 1.807) is 0 Å². The van der Waals surface area contributed by atoms with Crippen LogP contribution in [0.15, 0.2) is 18.2 Å². The average molecular weight is 284 g/mol. The van der Waals surface area contributed by atoms with Crippen LogP contribution in [0.2, 0.25) is 0 Å². The van der Waals surface area contributed by atoms with Crippen LogP contribution in [0.4, 0.5) is 0 Å². The average Bonchev–Trinajstić information content (AvgIpc) is 2.74. The minimum Gasteiger partial charge on any atom is -0.292 e. The van der Waals surface area contributed by atoms with E-state index >= 15 is 0 Å². The number of benzene rings is 1. The van der Waals surface area contributed by atoms with Gasteiger partial charge < -0.3 is 0 Å². The lowest BCUT2D eigenvalue weighted by molar-refractivity contribution is 0.0926. The van der Waals surface area contributed by atoms with Gasteiger partial charge in [0, 0.05) is 11.3 Å². The van der Waals surface area contributed by atoms with Crippen LogP contribution < -0.4 is 0 Å². The van der Waals surface area contributed by atoms with Crippen LogP contribution in [-0.4, -0.2) is 15.6 Å². The molecule has 0 saturated heterocycles. The quantitative estimate of drug-likeness (QED) is 0.791. The summed E-state index contributed by atoms with van der Waals surface area (Å²) in [5, 5.41) is 4.56. The Bertz CT molecular complexity index is 683. The van der Waals surface area contributed by atoms with Gasteiger partial charge in [-0.05, 0) is 63.8 Å². The number of hydrogen-bond donors (Lipinski definition) is 0. The van der Waals surface area contributed by atoms with Gasteiger partial charge in [0.25, 0.3) is 0 Å². The molecule has 0 amide bonds. The molecule has 1 unspecified atom stereocenters. The van der Waals surface area contributed by atoms with E-state index in [-0.39, 0.29) is 11.8 Å². The normalized spacial score (nSPS) is 12.5. The molecule has 1 aromatic heterocycles. The Labute approximate surface area is 127 Å². The maximum atomic E-state index is 12.7. The van der Waals surface area contributed by atoms with Crippen molar-refractivity contribution in [2.24, 2.45) is 0 Å². The van der Waals surface area contributed by atoms with E-state index < -0.39 is 0 Å². The lowest BCUT2D eigenvalue weighted by atomic mass is 10.0.